The minimum atomic E-state index is -0.0974. The van der Waals surface area contributed by atoms with Crippen LogP contribution in [0.5, 0.6) is 5.75 Å². The van der Waals surface area contributed by atoms with Gasteiger partial charge < -0.3 is 9.47 Å². The molecule has 5 rings (SSSR count). The van der Waals surface area contributed by atoms with Crippen molar-refractivity contribution in [1.82, 2.24) is 29.5 Å². The first-order valence-electron chi connectivity index (χ1n) is 10.0. The predicted octanol–water partition coefficient (Wildman–Crippen LogP) is 2.71. The predicted molar refractivity (Wildman–Crippen MR) is 112 cm³/mol. The molecule has 0 N–H and O–H groups in total. The summed E-state index contributed by atoms with van der Waals surface area (Å²) in [5.74, 6) is 0.841. The van der Waals surface area contributed by atoms with E-state index in [-0.39, 0.29) is 6.10 Å². The van der Waals surface area contributed by atoms with Gasteiger partial charge in [-0.1, -0.05) is 23.4 Å². The molecule has 4 aromatic rings. The van der Waals surface area contributed by atoms with Crippen molar-refractivity contribution in [3.05, 3.63) is 66.2 Å². The number of rotatable bonds is 5. The zero-order valence-electron chi connectivity index (χ0n) is 17.1. The van der Waals surface area contributed by atoms with Crippen molar-refractivity contribution in [2.45, 2.75) is 12.6 Å². The quantitative estimate of drug-likeness (QED) is 0.509. The summed E-state index contributed by atoms with van der Waals surface area (Å²) < 4.78 is 15.0. The molecule has 8 nitrogen and oxygen atoms in total. The van der Waals surface area contributed by atoms with Crippen LogP contribution >= 0.6 is 0 Å². The molecule has 1 saturated heterocycles. The van der Waals surface area contributed by atoms with E-state index in [1.54, 1.807) is 7.11 Å². The van der Waals surface area contributed by atoms with Crippen LogP contribution in [0.1, 0.15) is 17.4 Å². The largest absolute Gasteiger partial charge is 0.497 e. The maximum absolute atomic E-state index is 6.05. The Morgan fingerprint density at radius 2 is 1.93 bits per heavy atom. The number of benzene rings is 1. The molecule has 3 aromatic heterocycles. The normalized spacial score (nSPS) is 17.5. The SMILES string of the molecule is COc1ccc(-c2ccc3c([C@@H]4CN(Cc5cnn(C)c5)CCO4)nnn3c2)cc1. The summed E-state index contributed by atoms with van der Waals surface area (Å²) in [7, 11) is 3.61. The standard InChI is InChI=1S/C22H24N6O2/c1-26-12-16(11-23-26)13-27-9-10-30-21(15-27)22-20-8-5-18(14-28(20)25-24-22)17-3-6-19(29-2)7-4-17/h3-8,11-12,14,21H,9-10,13,15H2,1-2H3/t21-/m0/s1. The molecule has 1 fully saturated rings. The number of hydrogen-bond acceptors (Lipinski definition) is 6. The summed E-state index contributed by atoms with van der Waals surface area (Å²) in [6.07, 6.45) is 5.88. The summed E-state index contributed by atoms with van der Waals surface area (Å²) in [6, 6.07) is 12.2. The van der Waals surface area contributed by atoms with Crippen LogP contribution in [0.25, 0.3) is 16.6 Å². The number of aryl methyl sites for hydroxylation is 1. The Balaban J connectivity index is 1.36. The lowest BCUT2D eigenvalue weighted by atomic mass is 10.1. The first kappa shape index (κ1) is 18.8. The molecule has 0 aliphatic carbocycles. The van der Waals surface area contributed by atoms with E-state index in [1.165, 1.54) is 5.56 Å². The Labute approximate surface area is 174 Å². The Bertz CT molecular complexity index is 1150. The van der Waals surface area contributed by atoms with Gasteiger partial charge in [0.1, 0.15) is 17.5 Å². The van der Waals surface area contributed by atoms with Crippen LogP contribution in [0, 0.1) is 0 Å². The molecule has 0 bridgehead atoms. The molecule has 0 spiro atoms. The van der Waals surface area contributed by atoms with Crippen LogP contribution in [-0.4, -0.2) is 56.3 Å². The third-order valence-corrected chi connectivity index (χ3v) is 5.48. The maximum atomic E-state index is 6.05. The second-order valence-corrected chi connectivity index (χ2v) is 7.57. The zero-order chi connectivity index (χ0) is 20.5. The van der Waals surface area contributed by atoms with Gasteiger partial charge in [-0.05, 0) is 23.8 Å². The molecule has 0 radical (unpaired) electrons. The Morgan fingerprint density at radius 1 is 1.10 bits per heavy atom. The number of nitrogens with zero attached hydrogens (tertiary/aromatic N) is 6. The highest BCUT2D eigenvalue weighted by Crippen LogP contribution is 2.28. The van der Waals surface area contributed by atoms with Crippen LogP contribution in [0.15, 0.2) is 55.0 Å². The summed E-state index contributed by atoms with van der Waals surface area (Å²) in [5.41, 5.74) is 5.23. The third-order valence-electron chi connectivity index (χ3n) is 5.48. The number of aromatic nitrogens is 5. The number of methoxy groups -OCH3 is 1. The van der Waals surface area contributed by atoms with Crippen molar-refractivity contribution in [1.29, 1.82) is 0 Å². The van der Waals surface area contributed by atoms with Crippen molar-refractivity contribution in [3.63, 3.8) is 0 Å². The molecule has 1 aliphatic rings. The van der Waals surface area contributed by atoms with Crippen molar-refractivity contribution in [3.8, 4) is 16.9 Å². The van der Waals surface area contributed by atoms with Gasteiger partial charge in [-0.3, -0.25) is 9.58 Å². The highest BCUT2D eigenvalue weighted by Gasteiger charge is 2.26. The van der Waals surface area contributed by atoms with E-state index in [0.29, 0.717) is 6.61 Å². The van der Waals surface area contributed by atoms with Gasteiger partial charge in [-0.15, -0.1) is 5.10 Å². The Morgan fingerprint density at radius 3 is 2.70 bits per heavy atom. The van der Waals surface area contributed by atoms with E-state index >= 15 is 0 Å². The number of morpholine rings is 1. The molecule has 0 amide bonds. The number of fused-ring (bicyclic) bond motifs is 1. The fourth-order valence-corrected chi connectivity index (χ4v) is 3.92. The molecule has 1 aromatic carbocycles. The molecule has 30 heavy (non-hydrogen) atoms. The monoisotopic (exact) mass is 404 g/mol. The first-order chi connectivity index (χ1) is 14.7. The number of pyridine rings is 1. The molecule has 1 atom stereocenters. The topological polar surface area (TPSA) is 69.7 Å². The average molecular weight is 404 g/mol. The number of hydrogen-bond donors (Lipinski definition) is 0. The molecular formula is C22H24N6O2. The molecule has 4 heterocycles. The smallest absolute Gasteiger partial charge is 0.121 e. The van der Waals surface area contributed by atoms with Crippen LogP contribution in [0.2, 0.25) is 0 Å². The second-order valence-electron chi connectivity index (χ2n) is 7.57. The number of ether oxygens (including phenoxy) is 2. The van der Waals surface area contributed by atoms with Crippen LogP contribution in [-0.2, 0) is 18.3 Å². The summed E-state index contributed by atoms with van der Waals surface area (Å²) >= 11 is 0. The first-order valence-corrected chi connectivity index (χ1v) is 10.0. The van der Waals surface area contributed by atoms with E-state index in [4.69, 9.17) is 9.47 Å². The van der Waals surface area contributed by atoms with Crippen molar-refractivity contribution in [2.24, 2.45) is 7.05 Å². The molecular weight excluding hydrogens is 380 g/mol. The molecule has 0 unspecified atom stereocenters. The Hall–Kier alpha value is -3.23. The van der Waals surface area contributed by atoms with Crippen LogP contribution in [0.3, 0.4) is 0 Å². The van der Waals surface area contributed by atoms with Gasteiger partial charge in [-0.2, -0.15) is 5.10 Å². The lowest BCUT2D eigenvalue weighted by molar-refractivity contribution is -0.0343. The highest BCUT2D eigenvalue weighted by molar-refractivity contribution is 5.66. The summed E-state index contributed by atoms with van der Waals surface area (Å²) in [4.78, 5) is 2.38. The third kappa shape index (κ3) is 3.67. The molecule has 8 heteroatoms. The minimum absolute atomic E-state index is 0.0974. The minimum Gasteiger partial charge on any atom is -0.497 e. The molecule has 154 valence electrons. The lowest BCUT2D eigenvalue weighted by Gasteiger charge is -2.31. The fraction of sp³-hybridized carbons (Fsp3) is 0.318. The average Bonchev–Trinajstić information content (AvgIpc) is 3.39. The van der Waals surface area contributed by atoms with Gasteiger partial charge in [0.25, 0.3) is 0 Å². The van der Waals surface area contributed by atoms with Gasteiger partial charge in [0, 0.05) is 50.2 Å². The maximum Gasteiger partial charge on any atom is 0.121 e. The van der Waals surface area contributed by atoms with Gasteiger partial charge >= 0.3 is 0 Å². The van der Waals surface area contributed by atoms with E-state index < -0.39 is 0 Å². The van der Waals surface area contributed by atoms with Crippen LogP contribution < -0.4 is 4.74 Å². The van der Waals surface area contributed by atoms with E-state index in [9.17, 15) is 0 Å². The lowest BCUT2D eigenvalue weighted by Crippen LogP contribution is -2.38. The second kappa shape index (κ2) is 7.89. The van der Waals surface area contributed by atoms with Gasteiger partial charge in [0.05, 0.1) is 25.4 Å². The van der Waals surface area contributed by atoms with Crippen molar-refractivity contribution < 1.29 is 9.47 Å². The molecule has 0 saturated carbocycles. The van der Waals surface area contributed by atoms with E-state index in [0.717, 1.165) is 47.7 Å². The van der Waals surface area contributed by atoms with E-state index in [1.807, 2.05) is 52.9 Å². The van der Waals surface area contributed by atoms with Gasteiger partial charge in [0.2, 0.25) is 0 Å². The van der Waals surface area contributed by atoms with E-state index in [2.05, 4.69) is 38.6 Å². The fourth-order valence-electron chi connectivity index (χ4n) is 3.92. The summed E-state index contributed by atoms with van der Waals surface area (Å²) in [6.45, 7) is 3.21. The zero-order valence-corrected chi connectivity index (χ0v) is 17.1. The van der Waals surface area contributed by atoms with Crippen molar-refractivity contribution in [2.75, 3.05) is 26.8 Å². The highest BCUT2D eigenvalue weighted by atomic mass is 16.5. The van der Waals surface area contributed by atoms with Crippen molar-refractivity contribution >= 4 is 5.52 Å². The molecule has 1 aliphatic heterocycles. The summed E-state index contributed by atoms with van der Waals surface area (Å²) in [5, 5.41) is 13.1. The van der Waals surface area contributed by atoms with Crippen LogP contribution in [0.4, 0.5) is 0 Å². The van der Waals surface area contributed by atoms with Gasteiger partial charge in [0.15, 0.2) is 0 Å². The Kier molecular flexibility index (Phi) is 4.94. The van der Waals surface area contributed by atoms with Gasteiger partial charge in [-0.25, -0.2) is 4.52 Å².